The molecule has 1 heterocycles. The number of hydrogen-bond donors (Lipinski definition) is 2. The minimum absolute atomic E-state index is 0.180. The molecule has 0 amide bonds. The molecule has 0 spiro atoms. The summed E-state index contributed by atoms with van der Waals surface area (Å²) in [4.78, 5) is 15.4. The number of halogens is 1. The van der Waals surface area contributed by atoms with Gasteiger partial charge in [-0.1, -0.05) is 19.1 Å². The van der Waals surface area contributed by atoms with Gasteiger partial charge in [0.25, 0.3) is 0 Å². The summed E-state index contributed by atoms with van der Waals surface area (Å²) in [5.74, 6) is 0.457. The largest absolute Gasteiger partial charge is 0.506 e. The van der Waals surface area contributed by atoms with Crippen LogP contribution in [0.5, 0.6) is 5.75 Å². The van der Waals surface area contributed by atoms with Crippen molar-refractivity contribution in [1.29, 1.82) is 0 Å². The zero-order valence-corrected chi connectivity index (χ0v) is 21.1. The molecule has 3 aromatic rings. The number of aromatic hydroxyl groups is 1. The average molecular weight is 506 g/mol. The third-order valence-electron chi connectivity index (χ3n) is 5.36. The van der Waals surface area contributed by atoms with E-state index in [0.29, 0.717) is 28.9 Å². The van der Waals surface area contributed by atoms with Gasteiger partial charge in [0.1, 0.15) is 12.3 Å². The summed E-state index contributed by atoms with van der Waals surface area (Å²) in [6.07, 6.45) is 1.01. The first-order valence-corrected chi connectivity index (χ1v) is 12.3. The summed E-state index contributed by atoms with van der Waals surface area (Å²) in [5.41, 5.74) is 4.41. The van der Waals surface area contributed by atoms with Crippen LogP contribution in [0.3, 0.4) is 0 Å². The monoisotopic (exact) mass is 505 g/mol. The number of aryl methyl sites for hydroxylation is 2. The van der Waals surface area contributed by atoms with Gasteiger partial charge in [-0.25, -0.2) is 4.79 Å². The molecular weight excluding hydrogens is 476 g/mol. The Morgan fingerprint density at radius 3 is 2.48 bits per heavy atom. The molecule has 0 unspecified atom stereocenters. The standard InChI is InChI=1S/C24H29BrN2O3S/c1-6-15-8-10-16(11-9-15)31-14-20-22(24(29)30-7-2)21-17(13-26(3)4)23(28)18(25)12-19(21)27(20)5/h8-12,28H,6-7,13-14H2,1-5H3/p+1. The van der Waals surface area contributed by atoms with Gasteiger partial charge in [0.15, 0.2) is 0 Å². The molecule has 0 saturated heterocycles. The highest BCUT2D eigenvalue weighted by molar-refractivity contribution is 9.10. The average Bonchev–Trinajstić information content (AvgIpc) is 3.01. The molecule has 166 valence electrons. The van der Waals surface area contributed by atoms with Crippen LogP contribution in [0.2, 0.25) is 0 Å². The predicted molar refractivity (Wildman–Crippen MR) is 130 cm³/mol. The number of carbonyl (C=O) groups excluding carboxylic acids is 1. The number of nitrogens with one attached hydrogen (secondary N) is 1. The van der Waals surface area contributed by atoms with E-state index in [9.17, 15) is 9.90 Å². The zero-order chi connectivity index (χ0) is 22.7. The van der Waals surface area contributed by atoms with Gasteiger partial charge in [-0.3, -0.25) is 0 Å². The van der Waals surface area contributed by atoms with Gasteiger partial charge in [0.2, 0.25) is 0 Å². The highest BCUT2D eigenvalue weighted by atomic mass is 79.9. The van der Waals surface area contributed by atoms with Gasteiger partial charge in [-0.15, -0.1) is 11.8 Å². The van der Waals surface area contributed by atoms with E-state index in [0.717, 1.165) is 38.4 Å². The highest BCUT2D eigenvalue weighted by Gasteiger charge is 2.28. The van der Waals surface area contributed by atoms with Crippen LogP contribution in [0.4, 0.5) is 0 Å². The Balaban J connectivity index is 2.15. The van der Waals surface area contributed by atoms with Gasteiger partial charge < -0.3 is 19.3 Å². The quantitative estimate of drug-likeness (QED) is 0.353. The van der Waals surface area contributed by atoms with E-state index in [1.807, 2.05) is 38.7 Å². The minimum Gasteiger partial charge on any atom is -0.506 e. The lowest BCUT2D eigenvalue weighted by molar-refractivity contribution is -0.872. The number of quaternary nitrogens is 1. The molecule has 0 atom stereocenters. The molecule has 0 aliphatic rings. The van der Waals surface area contributed by atoms with E-state index >= 15 is 0 Å². The molecule has 7 heteroatoms. The van der Waals surface area contributed by atoms with E-state index < -0.39 is 0 Å². The van der Waals surface area contributed by atoms with Crippen LogP contribution in [-0.4, -0.2) is 36.3 Å². The van der Waals surface area contributed by atoms with E-state index in [1.54, 1.807) is 11.8 Å². The Morgan fingerprint density at radius 2 is 1.90 bits per heavy atom. The molecule has 0 fully saturated rings. The molecule has 31 heavy (non-hydrogen) atoms. The molecule has 0 aliphatic carbocycles. The van der Waals surface area contributed by atoms with Crippen molar-refractivity contribution in [3.05, 3.63) is 57.2 Å². The van der Waals surface area contributed by atoms with Gasteiger partial charge in [-0.05, 0) is 53.0 Å². The zero-order valence-electron chi connectivity index (χ0n) is 18.7. The molecule has 0 bridgehead atoms. The highest BCUT2D eigenvalue weighted by Crippen LogP contribution is 2.40. The van der Waals surface area contributed by atoms with Crippen LogP contribution < -0.4 is 4.90 Å². The molecule has 1 aromatic heterocycles. The smallest absolute Gasteiger partial charge is 0.340 e. The van der Waals surface area contributed by atoms with E-state index in [-0.39, 0.29) is 11.7 Å². The van der Waals surface area contributed by atoms with Crippen molar-refractivity contribution in [1.82, 2.24) is 4.57 Å². The second-order valence-electron chi connectivity index (χ2n) is 7.85. The van der Waals surface area contributed by atoms with Crippen molar-refractivity contribution in [2.75, 3.05) is 20.7 Å². The van der Waals surface area contributed by atoms with Crippen molar-refractivity contribution < 1.29 is 19.5 Å². The third-order valence-corrected chi connectivity index (χ3v) is 6.98. The molecule has 5 nitrogen and oxygen atoms in total. The third kappa shape index (κ3) is 4.94. The number of carbonyl (C=O) groups is 1. The fraction of sp³-hybridized carbons (Fsp3) is 0.375. The van der Waals surface area contributed by atoms with Crippen LogP contribution in [0.1, 0.15) is 41.0 Å². The van der Waals surface area contributed by atoms with Crippen LogP contribution in [0.15, 0.2) is 39.7 Å². The molecule has 0 aliphatic heterocycles. The van der Waals surface area contributed by atoms with Crippen molar-refractivity contribution in [2.24, 2.45) is 7.05 Å². The van der Waals surface area contributed by atoms with Crippen LogP contribution >= 0.6 is 27.7 Å². The molecule has 3 rings (SSSR count). The normalized spacial score (nSPS) is 11.5. The Bertz CT molecular complexity index is 1090. The number of rotatable bonds is 8. The number of fused-ring (bicyclic) bond motifs is 1. The van der Waals surface area contributed by atoms with Crippen LogP contribution in [0, 0.1) is 0 Å². The summed E-state index contributed by atoms with van der Waals surface area (Å²) in [6, 6.07) is 10.4. The van der Waals surface area contributed by atoms with Gasteiger partial charge in [0.05, 0.1) is 41.8 Å². The molecule has 0 saturated carbocycles. The molecule has 2 aromatic carbocycles. The number of hydrogen-bond acceptors (Lipinski definition) is 4. The SMILES string of the molecule is CCOC(=O)c1c(CSc2ccc(CC)cc2)n(C)c2cc(Br)c(O)c(C[NH+](C)C)c12. The van der Waals surface area contributed by atoms with Gasteiger partial charge >= 0.3 is 5.97 Å². The maximum absolute atomic E-state index is 13.1. The Labute approximate surface area is 196 Å². The number of benzene rings is 2. The van der Waals surface area contributed by atoms with E-state index in [2.05, 4.69) is 47.1 Å². The maximum atomic E-state index is 13.1. The lowest BCUT2D eigenvalue weighted by atomic mass is 10.0. The first kappa shape index (κ1) is 23.7. The number of ether oxygens (including phenoxy) is 1. The number of nitrogens with zero attached hydrogens (tertiary/aromatic N) is 1. The molecule has 0 radical (unpaired) electrons. The number of phenolic OH excluding ortho intramolecular Hbond substituents is 1. The number of thioether (sulfide) groups is 1. The number of phenols is 1. The fourth-order valence-electron chi connectivity index (χ4n) is 3.77. The molecular formula is C24H30BrN2O3S+. The summed E-state index contributed by atoms with van der Waals surface area (Å²) >= 11 is 5.18. The van der Waals surface area contributed by atoms with Crippen LogP contribution in [0.25, 0.3) is 10.9 Å². The summed E-state index contributed by atoms with van der Waals surface area (Å²) in [6.45, 7) is 4.84. The minimum atomic E-state index is -0.346. The topological polar surface area (TPSA) is 55.9 Å². The number of aromatic nitrogens is 1. The Morgan fingerprint density at radius 1 is 1.23 bits per heavy atom. The second-order valence-corrected chi connectivity index (χ2v) is 9.75. The fourth-order valence-corrected chi connectivity index (χ4v) is 5.20. The first-order valence-electron chi connectivity index (χ1n) is 10.5. The summed E-state index contributed by atoms with van der Waals surface area (Å²) in [7, 11) is 6.02. The maximum Gasteiger partial charge on any atom is 0.340 e. The van der Waals surface area contributed by atoms with Crippen molar-refractivity contribution >= 4 is 44.6 Å². The van der Waals surface area contributed by atoms with Crippen molar-refractivity contribution in [2.45, 2.75) is 37.5 Å². The van der Waals surface area contributed by atoms with Crippen molar-refractivity contribution in [3.63, 3.8) is 0 Å². The molecule has 2 N–H and O–H groups in total. The second kappa shape index (κ2) is 10.1. The van der Waals surface area contributed by atoms with Crippen molar-refractivity contribution in [3.8, 4) is 5.75 Å². The number of esters is 1. The lowest BCUT2D eigenvalue weighted by Gasteiger charge is -2.13. The predicted octanol–water partition coefficient (Wildman–Crippen LogP) is 4.32. The van der Waals surface area contributed by atoms with E-state index in [1.165, 1.54) is 5.56 Å². The summed E-state index contributed by atoms with van der Waals surface area (Å²) < 4.78 is 8.12. The summed E-state index contributed by atoms with van der Waals surface area (Å²) in [5, 5.41) is 11.6. The Kier molecular flexibility index (Phi) is 7.73. The first-order chi connectivity index (χ1) is 14.8. The van der Waals surface area contributed by atoms with Gasteiger partial charge in [-0.2, -0.15) is 0 Å². The Hall–Kier alpha value is -1.96. The lowest BCUT2D eigenvalue weighted by Crippen LogP contribution is -3.04. The van der Waals surface area contributed by atoms with E-state index in [4.69, 9.17) is 4.74 Å². The van der Waals surface area contributed by atoms with Crippen LogP contribution in [-0.2, 0) is 30.5 Å². The van der Waals surface area contributed by atoms with Gasteiger partial charge in [0, 0.05) is 28.8 Å².